The van der Waals surface area contributed by atoms with Crippen LogP contribution in [-0.2, 0) is 0 Å². The molecule has 0 amide bonds. The van der Waals surface area contributed by atoms with E-state index in [0.29, 0.717) is 5.92 Å². The maximum absolute atomic E-state index is 6.51. The predicted molar refractivity (Wildman–Crippen MR) is 75.3 cm³/mol. The molecule has 1 aliphatic rings. The van der Waals surface area contributed by atoms with Gasteiger partial charge in [0.2, 0.25) is 0 Å². The molecule has 0 bridgehead atoms. The minimum absolute atomic E-state index is 0.226. The summed E-state index contributed by atoms with van der Waals surface area (Å²) in [5.74, 6) is 1.46. The van der Waals surface area contributed by atoms with Crippen LogP contribution in [0.5, 0.6) is 0 Å². The summed E-state index contributed by atoms with van der Waals surface area (Å²) in [6, 6.07) is 8.84. The van der Waals surface area contributed by atoms with Gasteiger partial charge in [-0.1, -0.05) is 38.0 Å². The lowest BCUT2D eigenvalue weighted by atomic mass is 9.86. The van der Waals surface area contributed by atoms with Gasteiger partial charge in [0.15, 0.2) is 0 Å². The van der Waals surface area contributed by atoms with E-state index in [4.69, 9.17) is 5.73 Å². The number of fused-ring (bicyclic) bond motifs is 1. The van der Waals surface area contributed by atoms with Crippen LogP contribution in [0, 0.1) is 11.8 Å². The van der Waals surface area contributed by atoms with Gasteiger partial charge in [0, 0.05) is 10.7 Å². The molecule has 1 saturated carbocycles. The molecule has 2 heteroatoms. The Hall–Kier alpha value is -0.860. The molecule has 3 rings (SSSR count). The first-order valence-corrected chi connectivity index (χ1v) is 7.37. The summed E-state index contributed by atoms with van der Waals surface area (Å²) in [6.07, 6.45) is 3.99. The molecule has 90 valence electrons. The van der Waals surface area contributed by atoms with E-state index in [2.05, 4.69) is 36.6 Å². The minimum Gasteiger partial charge on any atom is -0.324 e. The lowest BCUT2D eigenvalue weighted by Crippen LogP contribution is -2.22. The average Bonchev–Trinajstić information content (AvgIpc) is 2.94. The van der Waals surface area contributed by atoms with E-state index in [0.717, 1.165) is 5.92 Å². The number of hydrogen-bond acceptors (Lipinski definition) is 2. The summed E-state index contributed by atoms with van der Waals surface area (Å²) in [7, 11) is 0. The molecule has 1 nitrogen and oxygen atoms in total. The minimum atomic E-state index is 0.226. The maximum Gasteiger partial charge on any atom is 0.0346 e. The van der Waals surface area contributed by atoms with Crippen LogP contribution in [0.1, 0.15) is 37.8 Å². The van der Waals surface area contributed by atoms with E-state index in [-0.39, 0.29) is 6.04 Å². The second-order valence-corrected chi connectivity index (χ2v) is 6.20. The van der Waals surface area contributed by atoms with Crippen molar-refractivity contribution in [3.05, 3.63) is 35.2 Å². The number of nitrogens with two attached hydrogens (primary N) is 1. The van der Waals surface area contributed by atoms with Gasteiger partial charge in [-0.2, -0.15) is 0 Å². The Morgan fingerprint density at radius 2 is 2.12 bits per heavy atom. The molecule has 0 saturated heterocycles. The van der Waals surface area contributed by atoms with Crippen LogP contribution in [0.4, 0.5) is 0 Å². The molecule has 0 spiro atoms. The highest BCUT2D eigenvalue weighted by Gasteiger charge is 2.30. The molecule has 2 N–H and O–H groups in total. The maximum atomic E-state index is 6.51. The quantitative estimate of drug-likeness (QED) is 0.837. The molecule has 1 fully saturated rings. The van der Waals surface area contributed by atoms with Gasteiger partial charge in [0.1, 0.15) is 0 Å². The zero-order chi connectivity index (χ0) is 11.8. The Bertz CT molecular complexity index is 516. The highest BCUT2D eigenvalue weighted by Crippen LogP contribution is 2.41. The molecule has 0 radical (unpaired) electrons. The van der Waals surface area contributed by atoms with Gasteiger partial charge in [-0.3, -0.25) is 0 Å². The molecular weight excluding hydrogens is 226 g/mol. The van der Waals surface area contributed by atoms with Crippen LogP contribution < -0.4 is 5.73 Å². The van der Waals surface area contributed by atoms with Crippen LogP contribution in [-0.4, -0.2) is 0 Å². The molecule has 3 atom stereocenters. The highest BCUT2D eigenvalue weighted by molar-refractivity contribution is 7.17. The number of thiophene rings is 1. The molecule has 2 aromatic rings. The SMILES string of the molecule is CC1CCCC1C(N)c1csc2ccccc12. The van der Waals surface area contributed by atoms with Crippen molar-refractivity contribution >= 4 is 21.4 Å². The fourth-order valence-electron chi connectivity index (χ4n) is 3.19. The van der Waals surface area contributed by atoms with Gasteiger partial charge in [0.25, 0.3) is 0 Å². The van der Waals surface area contributed by atoms with Gasteiger partial charge >= 0.3 is 0 Å². The summed E-state index contributed by atoms with van der Waals surface area (Å²) in [5.41, 5.74) is 7.87. The fraction of sp³-hybridized carbons (Fsp3) is 0.467. The van der Waals surface area contributed by atoms with Gasteiger partial charge < -0.3 is 5.73 Å². The zero-order valence-electron chi connectivity index (χ0n) is 10.2. The Balaban J connectivity index is 1.98. The first kappa shape index (κ1) is 11.2. The molecule has 1 heterocycles. The van der Waals surface area contributed by atoms with Crippen molar-refractivity contribution in [3.63, 3.8) is 0 Å². The van der Waals surface area contributed by atoms with Gasteiger partial charge in [-0.05, 0) is 40.7 Å². The Morgan fingerprint density at radius 3 is 2.88 bits per heavy atom. The molecule has 1 aliphatic carbocycles. The average molecular weight is 245 g/mol. The van der Waals surface area contributed by atoms with Crippen molar-refractivity contribution in [1.82, 2.24) is 0 Å². The number of benzene rings is 1. The standard InChI is InChI=1S/C15H19NS/c1-10-5-4-7-11(10)15(16)13-9-17-14-8-3-2-6-12(13)14/h2-3,6,8-11,15H,4-5,7,16H2,1H3. The normalized spacial score (nSPS) is 26.5. The Morgan fingerprint density at radius 1 is 1.29 bits per heavy atom. The van der Waals surface area contributed by atoms with E-state index < -0.39 is 0 Å². The van der Waals surface area contributed by atoms with Crippen molar-refractivity contribution in [2.75, 3.05) is 0 Å². The zero-order valence-corrected chi connectivity index (χ0v) is 11.0. The van der Waals surface area contributed by atoms with Crippen LogP contribution in [0.3, 0.4) is 0 Å². The van der Waals surface area contributed by atoms with E-state index in [1.807, 2.05) is 11.3 Å². The number of hydrogen-bond donors (Lipinski definition) is 1. The Labute approximate surface area is 107 Å². The summed E-state index contributed by atoms with van der Waals surface area (Å²) in [4.78, 5) is 0. The van der Waals surface area contributed by atoms with Crippen molar-refractivity contribution in [1.29, 1.82) is 0 Å². The first-order chi connectivity index (χ1) is 8.27. The van der Waals surface area contributed by atoms with E-state index in [1.54, 1.807) is 0 Å². The molecular formula is C15H19NS. The van der Waals surface area contributed by atoms with E-state index >= 15 is 0 Å². The lowest BCUT2D eigenvalue weighted by molar-refractivity contribution is 0.353. The summed E-state index contributed by atoms with van der Waals surface area (Å²) >= 11 is 1.82. The molecule has 0 aliphatic heterocycles. The van der Waals surface area contributed by atoms with Crippen LogP contribution in [0.15, 0.2) is 29.6 Å². The van der Waals surface area contributed by atoms with Crippen molar-refractivity contribution < 1.29 is 0 Å². The molecule has 17 heavy (non-hydrogen) atoms. The van der Waals surface area contributed by atoms with E-state index in [1.165, 1.54) is 34.9 Å². The highest BCUT2D eigenvalue weighted by atomic mass is 32.1. The summed E-state index contributed by atoms with van der Waals surface area (Å²) < 4.78 is 1.36. The largest absolute Gasteiger partial charge is 0.324 e. The van der Waals surface area contributed by atoms with Crippen molar-refractivity contribution in [2.24, 2.45) is 17.6 Å². The van der Waals surface area contributed by atoms with E-state index in [9.17, 15) is 0 Å². The van der Waals surface area contributed by atoms with Crippen molar-refractivity contribution in [2.45, 2.75) is 32.2 Å². The second-order valence-electron chi connectivity index (χ2n) is 5.29. The molecule has 1 aromatic carbocycles. The van der Waals surface area contributed by atoms with Crippen molar-refractivity contribution in [3.8, 4) is 0 Å². The third-order valence-corrected chi connectivity index (χ3v) is 5.24. The van der Waals surface area contributed by atoms with Crippen LogP contribution in [0.25, 0.3) is 10.1 Å². The summed E-state index contributed by atoms with van der Waals surface area (Å²) in [5, 5.41) is 3.63. The topological polar surface area (TPSA) is 26.0 Å². The van der Waals surface area contributed by atoms with Gasteiger partial charge in [-0.15, -0.1) is 11.3 Å². The van der Waals surface area contributed by atoms with Gasteiger partial charge in [-0.25, -0.2) is 0 Å². The fourth-order valence-corrected chi connectivity index (χ4v) is 4.20. The van der Waals surface area contributed by atoms with Crippen LogP contribution >= 0.6 is 11.3 Å². The smallest absolute Gasteiger partial charge is 0.0346 e. The summed E-state index contributed by atoms with van der Waals surface area (Å²) in [6.45, 7) is 2.35. The molecule has 3 unspecified atom stereocenters. The predicted octanol–water partition coefficient (Wildman–Crippen LogP) is 4.34. The first-order valence-electron chi connectivity index (χ1n) is 6.49. The molecule has 1 aromatic heterocycles. The van der Waals surface area contributed by atoms with Crippen LogP contribution in [0.2, 0.25) is 0 Å². The Kier molecular flexibility index (Phi) is 2.93. The lowest BCUT2D eigenvalue weighted by Gasteiger charge is -2.23. The third kappa shape index (κ3) is 1.90. The third-order valence-electron chi connectivity index (χ3n) is 4.26. The number of rotatable bonds is 2. The monoisotopic (exact) mass is 245 g/mol. The van der Waals surface area contributed by atoms with Gasteiger partial charge in [0.05, 0.1) is 0 Å². The second kappa shape index (κ2) is 4.43.